The zero-order chi connectivity index (χ0) is 59.1. The minimum Gasteiger partial charge on any atom is -0.354 e. The van der Waals surface area contributed by atoms with Crippen molar-refractivity contribution in [2.45, 2.75) is 221 Å². The number of carbonyl (C=O) groups is 9. The molecule has 0 fully saturated rings. The molecule has 1 aromatic carbocycles. The van der Waals surface area contributed by atoms with Crippen molar-refractivity contribution < 1.29 is 43.2 Å². The van der Waals surface area contributed by atoms with E-state index in [1.165, 1.54) is 47.1 Å². The van der Waals surface area contributed by atoms with E-state index in [1.54, 1.807) is 6.08 Å². The molecule has 0 aliphatic heterocycles. The van der Waals surface area contributed by atoms with Crippen molar-refractivity contribution in [2.24, 2.45) is 23.7 Å². The molecule has 9 amide bonds. The number of nitrogens with zero attached hydrogens (tertiary/aromatic N) is 1. The van der Waals surface area contributed by atoms with Gasteiger partial charge in [0, 0.05) is 31.5 Å². The van der Waals surface area contributed by atoms with Crippen LogP contribution in [0.2, 0.25) is 0 Å². The van der Waals surface area contributed by atoms with Crippen LogP contribution in [0, 0.1) is 23.7 Å². The van der Waals surface area contributed by atoms with Crippen LogP contribution in [-0.2, 0) is 56.0 Å². The average Bonchev–Trinajstić information content (AvgIpc) is 3.32. The Morgan fingerprint density at radius 3 is 1.68 bits per heavy atom. The monoisotopic (exact) mass is 1090 g/mol. The van der Waals surface area contributed by atoms with Gasteiger partial charge in [-0.05, 0) is 143 Å². The van der Waals surface area contributed by atoms with E-state index in [9.17, 15) is 43.2 Å². The number of allylic oxidation sites excluding steroid dienone is 1. The molecule has 5 atom stereocenters. The van der Waals surface area contributed by atoms with Crippen LogP contribution in [-0.4, -0.2) is 126 Å². The molecule has 1 unspecified atom stereocenters. The lowest BCUT2D eigenvalue weighted by Gasteiger charge is -2.33. The number of likely N-dealkylation sites (N-methyl/N-ethyl adjacent to an activating group) is 1. The van der Waals surface area contributed by atoms with Gasteiger partial charge in [-0.25, -0.2) is 0 Å². The molecule has 1 aliphatic rings. The number of rotatable bonds is 33. The summed E-state index contributed by atoms with van der Waals surface area (Å²) in [6.45, 7) is 24.9. The SMILES string of the molecule is CCCCCCC/C=C(\NC(=O)C1CCc2ccccc2C1)C(=O)N[C@@H](CC(C)C)C(=O)NC(C)(C)C(=O)N[C@@H](CC(C)C)C(=O)N[C@@H](CC(C)C)C(=O)NC(C)(C)C(=O)NC(C)(C)C(=O)NCCC(=O)N[C@@H](C)CN(C)C. The lowest BCUT2D eigenvalue weighted by Crippen LogP contribution is -2.65. The molecule has 0 bridgehead atoms. The van der Waals surface area contributed by atoms with Crippen molar-refractivity contribution in [3.8, 4) is 0 Å². The van der Waals surface area contributed by atoms with Gasteiger partial charge in [0.2, 0.25) is 47.3 Å². The quantitative estimate of drug-likeness (QED) is 0.0336. The Labute approximate surface area is 466 Å². The molecule has 0 saturated carbocycles. The molecular formula is C59H100N10O9. The van der Waals surface area contributed by atoms with Crippen LogP contribution in [0.4, 0.5) is 0 Å². The number of benzene rings is 1. The van der Waals surface area contributed by atoms with Crippen LogP contribution in [0.1, 0.15) is 179 Å². The summed E-state index contributed by atoms with van der Waals surface area (Å²) in [6.07, 6.45) is 9.89. The first-order chi connectivity index (χ1) is 36.3. The number of aryl methyl sites for hydroxylation is 1. The molecule has 0 heterocycles. The minimum atomic E-state index is -1.61. The van der Waals surface area contributed by atoms with Crippen LogP contribution >= 0.6 is 0 Å². The Bertz CT molecular complexity index is 2220. The fourth-order valence-electron chi connectivity index (χ4n) is 9.16. The highest BCUT2D eigenvalue weighted by Gasteiger charge is 2.40. The number of amides is 9. The summed E-state index contributed by atoms with van der Waals surface area (Å²) in [5.41, 5.74) is -2.20. The van der Waals surface area contributed by atoms with Crippen LogP contribution in [0.5, 0.6) is 0 Å². The number of carbonyl (C=O) groups excluding carboxylic acids is 9. The van der Waals surface area contributed by atoms with Gasteiger partial charge >= 0.3 is 0 Å². The maximum atomic E-state index is 14.2. The summed E-state index contributed by atoms with van der Waals surface area (Å²) in [6, 6.07) is 4.57. The predicted molar refractivity (Wildman–Crippen MR) is 306 cm³/mol. The van der Waals surface area contributed by atoms with E-state index in [1.807, 2.05) is 85.7 Å². The second-order valence-corrected chi connectivity index (χ2v) is 24.6. The Morgan fingerprint density at radius 1 is 0.615 bits per heavy atom. The van der Waals surface area contributed by atoms with E-state index in [0.29, 0.717) is 25.8 Å². The van der Waals surface area contributed by atoms with Gasteiger partial charge in [0.15, 0.2) is 0 Å². The van der Waals surface area contributed by atoms with Gasteiger partial charge in [0.1, 0.15) is 40.4 Å². The maximum Gasteiger partial charge on any atom is 0.268 e. The molecular weight excluding hydrogens is 993 g/mol. The predicted octanol–water partition coefficient (Wildman–Crippen LogP) is 5.00. The lowest BCUT2D eigenvalue weighted by atomic mass is 9.83. The van der Waals surface area contributed by atoms with Gasteiger partial charge in [-0.15, -0.1) is 0 Å². The zero-order valence-corrected chi connectivity index (χ0v) is 50.2. The fraction of sp³-hybridized carbons (Fsp3) is 0.712. The van der Waals surface area contributed by atoms with Crippen molar-refractivity contribution >= 4 is 53.2 Å². The highest BCUT2D eigenvalue weighted by molar-refractivity contribution is 6.02. The Balaban J connectivity index is 2.22. The molecule has 78 heavy (non-hydrogen) atoms. The molecule has 1 aliphatic carbocycles. The first-order valence-corrected chi connectivity index (χ1v) is 28.5. The molecule has 1 aromatic rings. The third-order valence-electron chi connectivity index (χ3n) is 13.6. The molecule has 2 rings (SSSR count). The van der Waals surface area contributed by atoms with E-state index in [4.69, 9.17) is 0 Å². The fourth-order valence-corrected chi connectivity index (χ4v) is 9.16. The van der Waals surface area contributed by atoms with Crippen LogP contribution < -0.4 is 47.9 Å². The average molecular weight is 1090 g/mol. The Morgan fingerprint density at radius 2 is 1.13 bits per heavy atom. The molecule has 0 radical (unpaired) electrons. The van der Waals surface area contributed by atoms with Crippen molar-refractivity contribution in [2.75, 3.05) is 27.2 Å². The Kier molecular flexibility index (Phi) is 28.2. The lowest BCUT2D eigenvalue weighted by molar-refractivity contribution is -0.139. The highest BCUT2D eigenvalue weighted by atomic mass is 16.2. The third kappa shape index (κ3) is 24.4. The van der Waals surface area contributed by atoms with Crippen LogP contribution in [0.25, 0.3) is 0 Å². The van der Waals surface area contributed by atoms with E-state index in [-0.39, 0.29) is 79.5 Å². The topological polar surface area (TPSA) is 265 Å². The van der Waals surface area contributed by atoms with E-state index >= 15 is 0 Å². The van der Waals surface area contributed by atoms with Crippen molar-refractivity contribution in [3.63, 3.8) is 0 Å². The van der Waals surface area contributed by atoms with Gasteiger partial charge in [-0.1, -0.05) is 104 Å². The van der Waals surface area contributed by atoms with Crippen molar-refractivity contribution in [1.29, 1.82) is 0 Å². The molecule has 0 aromatic heterocycles. The largest absolute Gasteiger partial charge is 0.354 e. The van der Waals surface area contributed by atoms with Crippen molar-refractivity contribution in [3.05, 3.63) is 47.2 Å². The second-order valence-electron chi connectivity index (χ2n) is 24.6. The van der Waals surface area contributed by atoms with Gasteiger partial charge in [0.05, 0.1) is 0 Å². The van der Waals surface area contributed by atoms with E-state index < -0.39 is 76.1 Å². The number of unbranched alkanes of at least 4 members (excludes halogenated alkanes) is 5. The van der Waals surface area contributed by atoms with Crippen molar-refractivity contribution in [1.82, 2.24) is 52.8 Å². The number of fused-ring (bicyclic) bond motifs is 1. The van der Waals surface area contributed by atoms with Gasteiger partial charge in [0.25, 0.3) is 5.91 Å². The van der Waals surface area contributed by atoms with Gasteiger partial charge in [-0.2, -0.15) is 0 Å². The van der Waals surface area contributed by atoms with Crippen LogP contribution in [0.3, 0.4) is 0 Å². The smallest absolute Gasteiger partial charge is 0.268 e. The maximum absolute atomic E-state index is 14.2. The first kappa shape index (κ1) is 68.3. The molecule has 440 valence electrons. The van der Waals surface area contributed by atoms with E-state index in [2.05, 4.69) is 60.8 Å². The molecule has 0 saturated heterocycles. The zero-order valence-electron chi connectivity index (χ0n) is 50.2. The number of hydrogen-bond donors (Lipinski definition) is 9. The molecule has 19 heteroatoms. The standard InChI is InChI=1S/C59H100N10O9/c1-17-18-19-20-21-22-27-44(62-49(71)43-29-28-41-25-23-24-26-42(41)35-43)50(72)63-46(33-38(4)5)52(74)66-58(11,12)55(77)65-45(32-37(2)3)51(73)64-47(34-39(6)7)53(75)67-59(13,14)56(78)68-57(9,10)54(76)60-31-30-48(70)61-40(8)36-69(15)16/h23-27,37-40,43,45-47H,17-22,28-36H2,1-16H3,(H,60,76)(H,61,70)(H,62,71)(H,63,72)(H,64,73)(H,65,77)(H,66,74)(H,67,75)(H,68,78)/b44-27-/t40-,43?,45-,46-,47-/m0/s1. The van der Waals surface area contributed by atoms with Gasteiger partial charge in [-0.3, -0.25) is 43.2 Å². The minimum absolute atomic E-state index is 0.0352. The summed E-state index contributed by atoms with van der Waals surface area (Å²) in [5, 5.41) is 25.2. The second kappa shape index (κ2) is 32.3. The molecule has 0 spiro atoms. The van der Waals surface area contributed by atoms with E-state index in [0.717, 1.165) is 44.1 Å². The summed E-state index contributed by atoms with van der Waals surface area (Å²) in [7, 11) is 3.80. The highest BCUT2D eigenvalue weighted by Crippen LogP contribution is 2.26. The van der Waals surface area contributed by atoms with Crippen LogP contribution in [0.15, 0.2) is 36.0 Å². The number of hydrogen-bond acceptors (Lipinski definition) is 10. The molecule has 19 nitrogen and oxygen atoms in total. The van der Waals surface area contributed by atoms with Gasteiger partial charge < -0.3 is 52.8 Å². The summed E-state index contributed by atoms with van der Waals surface area (Å²) < 4.78 is 0. The summed E-state index contributed by atoms with van der Waals surface area (Å²) in [4.78, 5) is 126. The third-order valence-corrected chi connectivity index (χ3v) is 13.6. The number of nitrogens with one attached hydrogen (secondary N) is 9. The normalized spacial score (nSPS) is 15.5. The summed E-state index contributed by atoms with van der Waals surface area (Å²) in [5.74, 6) is -5.56. The molecule has 9 N–H and O–H groups in total. The first-order valence-electron chi connectivity index (χ1n) is 28.5. The summed E-state index contributed by atoms with van der Waals surface area (Å²) >= 11 is 0. The Hall–Kier alpha value is -5.85.